The monoisotopic (exact) mass is 547 g/mol. The Labute approximate surface area is 238 Å². The number of hydrogen-bond acceptors (Lipinski definition) is 5. The number of unbranched alkanes of at least 4 members (excludes halogenated alkanes) is 10. The first-order chi connectivity index (χ1) is 19.1. The summed E-state index contributed by atoms with van der Waals surface area (Å²) in [5, 5.41) is 10.6. The van der Waals surface area contributed by atoms with Gasteiger partial charge in [-0.15, -0.1) is 0 Å². The minimum Gasteiger partial charge on any atom is -0.480 e. The summed E-state index contributed by atoms with van der Waals surface area (Å²) < 4.78 is 11.3. The molecular formula is C33H57NO5. The van der Waals surface area contributed by atoms with Crippen LogP contribution in [0.1, 0.15) is 155 Å². The van der Waals surface area contributed by atoms with Gasteiger partial charge in [-0.05, 0) is 38.2 Å². The fourth-order valence-corrected chi connectivity index (χ4v) is 6.71. The molecule has 3 aliphatic rings. The average molecular weight is 548 g/mol. The number of amides is 1. The van der Waals surface area contributed by atoms with Crippen molar-refractivity contribution in [2.75, 3.05) is 6.61 Å². The highest BCUT2D eigenvalue weighted by atomic mass is 16.6. The van der Waals surface area contributed by atoms with Gasteiger partial charge in [-0.2, -0.15) is 0 Å². The van der Waals surface area contributed by atoms with Gasteiger partial charge >= 0.3 is 5.97 Å². The van der Waals surface area contributed by atoms with E-state index in [0.717, 1.165) is 38.5 Å². The highest BCUT2D eigenvalue weighted by molar-refractivity contribution is 5.83. The smallest absolute Gasteiger partial charge is 0.348 e. The van der Waals surface area contributed by atoms with Crippen molar-refractivity contribution in [2.45, 2.75) is 179 Å². The maximum absolute atomic E-state index is 13.3. The molecule has 224 valence electrons. The molecule has 2 aliphatic carbocycles. The molecule has 0 spiro atoms. The van der Waals surface area contributed by atoms with Crippen molar-refractivity contribution < 1.29 is 24.2 Å². The van der Waals surface area contributed by atoms with Crippen molar-refractivity contribution in [3.05, 3.63) is 11.8 Å². The summed E-state index contributed by atoms with van der Waals surface area (Å²) in [6.07, 6.45) is 26.9. The number of aliphatic hydroxyl groups is 1. The molecule has 2 saturated carbocycles. The van der Waals surface area contributed by atoms with E-state index in [1.54, 1.807) is 0 Å². The fourth-order valence-electron chi connectivity index (χ4n) is 6.71. The second-order valence-electron chi connectivity index (χ2n) is 12.3. The molecule has 1 aliphatic heterocycles. The quantitative estimate of drug-likeness (QED) is 0.140. The van der Waals surface area contributed by atoms with Crippen molar-refractivity contribution in [3.63, 3.8) is 0 Å². The lowest BCUT2D eigenvalue weighted by Crippen LogP contribution is -2.50. The first-order valence-corrected chi connectivity index (χ1v) is 16.6. The van der Waals surface area contributed by atoms with E-state index in [9.17, 15) is 14.7 Å². The number of nitrogens with zero attached hydrogens (tertiary/aromatic N) is 1. The first kappa shape index (κ1) is 32.0. The van der Waals surface area contributed by atoms with E-state index < -0.39 is 18.2 Å². The van der Waals surface area contributed by atoms with Crippen molar-refractivity contribution in [1.82, 2.24) is 4.90 Å². The molecule has 0 aromatic heterocycles. The normalized spacial score (nSPS) is 21.3. The molecular weight excluding hydrogens is 490 g/mol. The Hall–Kier alpha value is -1.56. The van der Waals surface area contributed by atoms with E-state index in [0.29, 0.717) is 18.6 Å². The number of ether oxygens (including phenoxy) is 2. The van der Waals surface area contributed by atoms with Crippen molar-refractivity contribution in [2.24, 2.45) is 0 Å². The van der Waals surface area contributed by atoms with E-state index in [4.69, 9.17) is 9.47 Å². The molecule has 0 aromatic rings. The van der Waals surface area contributed by atoms with Crippen LogP contribution >= 0.6 is 0 Å². The molecule has 6 heteroatoms. The summed E-state index contributed by atoms with van der Waals surface area (Å²) in [5.74, 6) is -0.0602. The van der Waals surface area contributed by atoms with Crippen molar-refractivity contribution in [1.29, 1.82) is 0 Å². The zero-order valence-electron chi connectivity index (χ0n) is 24.9. The molecule has 1 heterocycles. The van der Waals surface area contributed by atoms with Gasteiger partial charge in [0.1, 0.15) is 11.9 Å². The SMILES string of the molecule is CCCCCCCCCCCCCC(O)C1=CCC(C(=O)OCC(=O)N(C2CCCCC2)C2CCCCC2)O1. The Morgan fingerprint density at radius 2 is 1.36 bits per heavy atom. The third kappa shape index (κ3) is 11.4. The van der Waals surface area contributed by atoms with E-state index >= 15 is 0 Å². The predicted molar refractivity (Wildman–Crippen MR) is 156 cm³/mol. The molecule has 0 saturated heterocycles. The third-order valence-electron chi connectivity index (χ3n) is 9.05. The molecule has 3 rings (SSSR count). The first-order valence-electron chi connectivity index (χ1n) is 16.6. The van der Waals surface area contributed by atoms with Crippen LogP contribution in [0.25, 0.3) is 0 Å². The topological polar surface area (TPSA) is 76.1 Å². The van der Waals surface area contributed by atoms with Crippen LogP contribution in [0.5, 0.6) is 0 Å². The van der Waals surface area contributed by atoms with Crippen LogP contribution < -0.4 is 0 Å². The molecule has 1 amide bonds. The van der Waals surface area contributed by atoms with Crippen molar-refractivity contribution in [3.8, 4) is 0 Å². The Kier molecular flexibility index (Phi) is 15.3. The van der Waals surface area contributed by atoms with E-state index in [1.807, 2.05) is 6.08 Å². The van der Waals surface area contributed by atoms with Gasteiger partial charge in [0, 0.05) is 18.5 Å². The second-order valence-corrected chi connectivity index (χ2v) is 12.3. The number of carbonyl (C=O) groups excluding carboxylic acids is 2. The number of carbonyl (C=O) groups is 2. The molecule has 39 heavy (non-hydrogen) atoms. The number of hydrogen-bond donors (Lipinski definition) is 1. The lowest BCUT2D eigenvalue weighted by Gasteiger charge is -2.41. The minimum absolute atomic E-state index is 0.0511. The maximum Gasteiger partial charge on any atom is 0.348 e. The number of rotatable bonds is 18. The van der Waals surface area contributed by atoms with Crippen LogP contribution in [0.3, 0.4) is 0 Å². The van der Waals surface area contributed by atoms with Gasteiger partial charge in [0.2, 0.25) is 0 Å². The minimum atomic E-state index is -0.752. The van der Waals surface area contributed by atoms with Gasteiger partial charge in [-0.1, -0.05) is 116 Å². The van der Waals surface area contributed by atoms with Gasteiger partial charge in [-0.25, -0.2) is 4.79 Å². The molecule has 0 radical (unpaired) electrons. The van der Waals surface area contributed by atoms with Crippen LogP contribution in [-0.2, 0) is 19.1 Å². The second kappa shape index (κ2) is 18.7. The predicted octanol–water partition coefficient (Wildman–Crippen LogP) is 7.76. The van der Waals surface area contributed by atoms with E-state index in [2.05, 4.69) is 11.8 Å². The molecule has 1 N–H and O–H groups in total. The Bertz CT molecular complexity index is 708. The zero-order chi connectivity index (χ0) is 27.7. The zero-order valence-corrected chi connectivity index (χ0v) is 24.9. The van der Waals surface area contributed by atoms with Gasteiger partial charge in [0.05, 0.1) is 0 Å². The lowest BCUT2D eigenvalue weighted by atomic mass is 9.88. The van der Waals surface area contributed by atoms with Crippen LogP contribution in [0.15, 0.2) is 11.8 Å². The summed E-state index contributed by atoms with van der Waals surface area (Å²) in [4.78, 5) is 28.1. The fraction of sp³-hybridized carbons (Fsp3) is 0.879. The summed E-state index contributed by atoms with van der Waals surface area (Å²) >= 11 is 0. The lowest BCUT2D eigenvalue weighted by molar-refractivity contribution is -0.161. The van der Waals surface area contributed by atoms with Crippen LogP contribution in [0.4, 0.5) is 0 Å². The molecule has 2 unspecified atom stereocenters. The summed E-state index contributed by atoms with van der Waals surface area (Å²) in [5.41, 5.74) is 0. The molecule has 2 atom stereocenters. The van der Waals surface area contributed by atoms with Crippen LogP contribution in [-0.4, -0.2) is 52.8 Å². The Morgan fingerprint density at radius 3 is 1.90 bits per heavy atom. The van der Waals surface area contributed by atoms with Gasteiger partial charge in [0.25, 0.3) is 5.91 Å². The highest BCUT2D eigenvalue weighted by Gasteiger charge is 2.34. The highest BCUT2D eigenvalue weighted by Crippen LogP contribution is 2.30. The molecule has 2 fully saturated rings. The Morgan fingerprint density at radius 1 is 0.846 bits per heavy atom. The summed E-state index contributed by atoms with van der Waals surface area (Å²) in [6.45, 7) is 2.05. The maximum atomic E-state index is 13.3. The Balaban J connectivity index is 1.29. The average Bonchev–Trinajstić information content (AvgIpc) is 3.47. The molecule has 6 nitrogen and oxygen atoms in total. The largest absolute Gasteiger partial charge is 0.480 e. The number of aliphatic hydroxyl groups excluding tert-OH is 1. The third-order valence-corrected chi connectivity index (χ3v) is 9.05. The molecule has 0 bridgehead atoms. The van der Waals surface area contributed by atoms with E-state index in [1.165, 1.54) is 96.3 Å². The standard InChI is InChI=1S/C33H57NO5/c1-2-3-4-5-6-7-8-9-10-11-18-23-29(35)30-24-25-31(39-30)33(37)38-26-32(36)34(27-19-14-12-15-20-27)28-21-16-13-17-22-28/h24,27-29,31,35H,2-23,25-26H2,1H3. The van der Waals surface area contributed by atoms with Crippen molar-refractivity contribution >= 4 is 11.9 Å². The summed E-state index contributed by atoms with van der Waals surface area (Å²) in [7, 11) is 0. The summed E-state index contributed by atoms with van der Waals surface area (Å²) in [6, 6.07) is 0.574. The van der Waals surface area contributed by atoms with Crippen LogP contribution in [0, 0.1) is 0 Å². The van der Waals surface area contributed by atoms with Gasteiger partial charge in [-0.3, -0.25) is 4.79 Å². The van der Waals surface area contributed by atoms with Gasteiger partial charge < -0.3 is 19.5 Å². The van der Waals surface area contributed by atoms with Gasteiger partial charge in [0.15, 0.2) is 12.7 Å². The molecule has 0 aromatic carbocycles. The van der Waals surface area contributed by atoms with E-state index in [-0.39, 0.29) is 24.6 Å². The van der Waals surface area contributed by atoms with Crippen LogP contribution in [0.2, 0.25) is 0 Å². The number of esters is 1.